The molecular formula is C8H12O4. The molecule has 2 atom stereocenters. The second-order valence-electron chi connectivity index (χ2n) is 2.56. The molecule has 0 saturated carbocycles. The molecule has 0 aliphatic heterocycles. The van der Waals surface area contributed by atoms with Gasteiger partial charge in [-0.15, -0.1) is 0 Å². The van der Waals surface area contributed by atoms with Gasteiger partial charge in [-0.25, -0.2) is 0 Å². The molecule has 2 N–H and O–H groups in total. The van der Waals surface area contributed by atoms with Crippen molar-refractivity contribution < 1.29 is 19.8 Å². The van der Waals surface area contributed by atoms with Crippen LogP contribution in [0.5, 0.6) is 0 Å². The molecule has 0 radical (unpaired) electrons. The number of aldehydes is 2. The summed E-state index contributed by atoms with van der Waals surface area (Å²) in [4.78, 5) is 20.3. The average Bonchev–Trinajstić information content (AvgIpc) is 2.12. The molecule has 0 aliphatic rings. The van der Waals surface area contributed by atoms with Crippen LogP contribution in [0.2, 0.25) is 0 Å². The first-order valence-electron chi connectivity index (χ1n) is 3.48. The first-order chi connectivity index (χ1) is 5.54. The Bertz CT molecular complexity index is 207. The molecule has 2 unspecified atom stereocenters. The van der Waals surface area contributed by atoms with Crippen molar-refractivity contribution in [1.29, 1.82) is 0 Å². The van der Waals surface area contributed by atoms with E-state index in [9.17, 15) is 14.7 Å². The Hall–Kier alpha value is -1.00. The maximum atomic E-state index is 10.2. The molecule has 0 saturated heterocycles. The molecule has 0 aromatic carbocycles. The maximum Gasteiger partial charge on any atom is 0.151 e. The lowest BCUT2D eigenvalue weighted by molar-refractivity contribution is -0.119. The molecule has 0 spiro atoms. The largest absolute Gasteiger partial charge is 0.386 e. The number of allylic oxidation sites excluding steroid dienone is 1. The van der Waals surface area contributed by atoms with Crippen LogP contribution in [-0.2, 0) is 9.59 Å². The van der Waals surface area contributed by atoms with Crippen molar-refractivity contribution >= 4 is 12.6 Å². The number of aliphatic hydroxyl groups is 2. The summed E-state index contributed by atoms with van der Waals surface area (Å²) in [5, 5.41) is 18.1. The van der Waals surface area contributed by atoms with Gasteiger partial charge in [0.25, 0.3) is 0 Å². The SMILES string of the molecule is C/C(C=O)=C(/C)C(O)C(O)C=O. The Balaban J connectivity index is 4.57. The van der Waals surface area contributed by atoms with Crippen molar-refractivity contribution in [3.05, 3.63) is 11.1 Å². The molecule has 0 bridgehead atoms. The van der Waals surface area contributed by atoms with Crippen molar-refractivity contribution in [3.8, 4) is 0 Å². The smallest absolute Gasteiger partial charge is 0.151 e. The molecule has 0 aliphatic carbocycles. The van der Waals surface area contributed by atoms with E-state index < -0.39 is 12.2 Å². The van der Waals surface area contributed by atoms with Crippen LogP contribution in [0.25, 0.3) is 0 Å². The number of carbonyl (C=O) groups is 2. The van der Waals surface area contributed by atoms with Gasteiger partial charge in [-0.1, -0.05) is 0 Å². The maximum absolute atomic E-state index is 10.2. The summed E-state index contributed by atoms with van der Waals surface area (Å²) in [6.07, 6.45) is -1.95. The predicted octanol–water partition coefficient (Wildman–Crippen LogP) is -0.558. The molecular weight excluding hydrogens is 160 g/mol. The van der Waals surface area contributed by atoms with Crippen LogP contribution in [0, 0.1) is 0 Å². The normalized spacial score (nSPS) is 17.7. The third kappa shape index (κ3) is 2.56. The fraction of sp³-hybridized carbons (Fsp3) is 0.500. The highest BCUT2D eigenvalue weighted by Crippen LogP contribution is 2.08. The molecule has 0 rings (SSSR count). The summed E-state index contributed by atoms with van der Waals surface area (Å²) >= 11 is 0. The van der Waals surface area contributed by atoms with Gasteiger partial charge in [0.1, 0.15) is 18.5 Å². The fourth-order valence-electron chi connectivity index (χ4n) is 0.657. The van der Waals surface area contributed by atoms with Crippen LogP contribution in [0.15, 0.2) is 11.1 Å². The van der Waals surface area contributed by atoms with E-state index in [-0.39, 0.29) is 6.29 Å². The first-order valence-corrected chi connectivity index (χ1v) is 3.48. The average molecular weight is 172 g/mol. The third-order valence-electron chi connectivity index (χ3n) is 1.71. The molecule has 4 heteroatoms. The topological polar surface area (TPSA) is 74.6 Å². The first kappa shape index (κ1) is 11.0. The molecule has 0 fully saturated rings. The van der Waals surface area contributed by atoms with Gasteiger partial charge in [0.2, 0.25) is 0 Å². The van der Waals surface area contributed by atoms with E-state index in [1.807, 2.05) is 0 Å². The van der Waals surface area contributed by atoms with E-state index in [1.54, 1.807) is 0 Å². The van der Waals surface area contributed by atoms with Gasteiger partial charge in [0.15, 0.2) is 6.29 Å². The number of hydrogen-bond acceptors (Lipinski definition) is 4. The minimum Gasteiger partial charge on any atom is -0.386 e. The summed E-state index contributed by atoms with van der Waals surface area (Å²) in [5.74, 6) is 0. The molecule has 68 valence electrons. The molecule has 0 amide bonds. The number of aliphatic hydroxyl groups excluding tert-OH is 2. The van der Waals surface area contributed by atoms with Gasteiger partial charge in [-0.2, -0.15) is 0 Å². The Morgan fingerprint density at radius 3 is 2.08 bits per heavy atom. The Kier molecular flexibility index (Phi) is 4.39. The van der Waals surface area contributed by atoms with E-state index in [4.69, 9.17) is 5.11 Å². The van der Waals surface area contributed by atoms with Gasteiger partial charge < -0.3 is 15.0 Å². The van der Waals surface area contributed by atoms with Crippen molar-refractivity contribution in [2.24, 2.45) is 0 Å². The fourth-order valence-corrected chi connectivity index (χ4v) is 0.657. The zero-order valence-corrected chi connectivity index (χ0v) is 7.02. The van der Waals surface area contributed by atoms with Gasteiger partial charge >= 0.3 is 0 Å². The lowest BCUT2D eigenvalue weighted by atomic mass is 10.0. The van der Waals surface area contributed by atoms with Crippen molar-refractivity contribution in [3.63, 3.8) is 0 Å². The summed E-state index contributed by atoms with van der Waals surface area (Å²) in [6, 6.07) is 0. The van der Waals surface area contributed by atoms with Crippen LogP contribution in [0.3, 0.4) is 0 Å². The Morgan fingerprint density at radius 1 is 1.25 bits per heavy atom. The van der Waals surface area contributed by atoms with E-state index in [2.05, 4.69) is 0 Å². The monoisotopic (exact) mass is 172 g/mol. The number of carbonyl (C=O) groups excluding carboxylic acids is 2. The van der Waals surface area contributed by atoms with Crippen LogP contribution in [0.1, 0.15) is 13.8 Å². The van der Waals surface area contributed by atoms with E-state index >= 15 is 0 Å². The summed E-state index contributed by atoms with van der Waals surface area (Å²) in [5.41, 5.74) is 0.632. The van der Waals surface area contributed by atoms with Crippen LogP contribution >= 0.6 is 0 Å². The molecule has 0 aromatic rings. The summed E-state index contributed by atoms with van der Waals surface area (Å²) < 4.78 is 0. The minimum absolute atomic E-state index is 0.228. The highest BCUT2D eigenvalue weighted by molar-refractivity contribution is 5.74. The summed E-state index contributed by atoms with van der Waals surface area (Å²) in [6.45, 7) is 2.99. The molecule has 4 nitrogen and oxygen atoms in total. The molecule has 0 heterocycles. The Morgan fingerprint density at radius 2 is 1.75 bits per heavy atom. The molecule has 0 aromatic heterocycles. The lowest BCUT2D eigenvalue weighted by Gasteiger charge is -2.13. The van der Waals surface area contributed by atoms with Gasteiger partial charge in [-0.3, -0.25) is 4.79 Å². The number of hydrogen-bond donors (Lipinski definition) is 2. The van der Waals surface area contributed by atoms with Crippen molar-refractivity contribution in [1.82, 2.24) is 0 Å². The lowest BCUT2D eigenvalue weighted by Crippen LogP contribution is -2.28. The van der Waals surface area contributed by atoms with Gasteiger partial charge in [0.05, 0.1) is 0 Å². The van der Waals surface area contributed by atoms with Gasteiger partial charge in [0, 0.05) is 0 Å². The van der Waals surface area contributed by atoms with Crippen molar-refractivity contribution in [2.75, 3.05) is 0 Å². The van der Waals surface area contributed by atoms with Crippen LogP contribution < -0.4 is 0 Å². The standard InChI is InChI=1S/C8H12O4/c1-5(3-9)6(2)8(12)7(11)4-10/h3-4,7-8,11-12H,1-2H3/b6-5+. The zero-order chi connectivity index (χ0) is 9.72. The zero-order valence-electron chi connectivity index (χ0n) is 7.02. The van der Waals surface area contributed by atoms with E-state index in [0.717, 1.165) is 0 Å². The van der Waals surface area contributed by atoms with E-state index in [0.29, 0.717) is 17.4 Å². The Labute approximate surface area is 70.5 Å². The number of rotatable bonds is 4. The second-order valence-corrected chi connectivity index (χ2v) is 2.56. The van der Waals surface area contributed by atoms with Crippen molar-refractivity contribution in [2.45, 2.75) is 26.1 Å². The van der Waals surface area contributed by atoms with Crippen LogP contribution in [0.4, 0.5) is 0 Å². The second kappa shape index (κ2) is 4.79. The summed E-state index contributed by atoms with van der Waals surface area (Å²) in [7, 11) is 0. The van der Waals surface area contributed by atoms with Crippen LogP contribution in [-0.4, -0.2) is 35.0 Å². The predicted molar refractivity (Wildman–Crippen MR) is 42.5 cm³/mol. The highest BCUT2D eigenvalue weighted by atomic mass is 16.3. The quantitative estimate of drug-likeness (QED) is 0.440. The third-order valence-corrected chi connectivity index (χ3v) is 1.71. The highest BCUT2D eigenvalue weighted by Gasteiger charge is 2.18. The molecule has 12 heavy (non-hydrogen) atoms. The van der Waals surface area contributed by atoms with Gasteiger partial charge in [-0.05, 0) is 25.0 Å². The van der Waals surface area contributed by atoms with E-state index in [1.165, 1.54) is 13.8 Å². The minimum atomic E-state index is -1.46.